The maximum absolute atomic E-state index is 12.9. The van der Waals surface area contributed by atoms with Crippen molar-refractivity contribution < 1.29 is 34.5 Å². The van der Waals surface area contributed by atoms with E-state index in [1.54, 1.807) is 44.2 Å². The van der Waals surface area contributed by atoms with E-state index in [4.69, 9.17) is 10.8 Å². The number of aliphatic carboxylic acids is 1. The Balaban J connectivity index is 3.04. The lowest BCUT2D eigenvalue weighted by molar-refractivity contribution is -0.143. The van der Waals surface area contributed by atoms with E-state index in [0.29, 0.717) is 12.0 Å². The number of carboxylic acid groups (broad SMARTS) is 1. The SMILES string of the molecule is CCC(C)C(NC(=O)C(Cc1ccccc1)NC(=O)C(CO)NC(=O)C(N)CO)C(=O)O. The van der Waals surface area contributed by atoms with Gasteiger partial charge in [-0.25, -0.2) is 4.79 Å². The lowest BCUT2D eigenvalue weighted by atomic mass is 9.98. The fourth-order valence-corrected chi connectivity index (χ4v) is 2.82. The molecule has 8 N–H and O–H groups in total. The standard InChI is InChI=1S/C21H32N4O7/c1-3-12(2)17(21(31)32)25-19(29)15(9-13-7-5-4-6-8-13)23-20(30)16(11-27)24-18(28)14(22)10-26/h4-8,12,14-17,26-27H,3,9-11,22H2,1-2H3,(H,23,30)(H,24,28)(H,25,29)(H,31,32). The Morgan fingerprint density at radius 2 is 1.47 bits per heavy atom. The Bertz CT molecular complexity index is 775. The maximum atomic E-state index is 12.9. The van der Waals surface area contributed by atoms with Crippen molar-refractivity contribution >= 4 is 23.7 Å². The van der Waals surface area contributed by atoms with E-state index in [1.807, 2.05) is 0 Å². The molecule has 0 saturated heterocycles. The van der Waals surface area contributed by atoms with Crippen molar-refractivity contribution in [3.63, 3.8) is 0 Å². The molecule has 0 saturated carbocycles. The van der Waals surface area contributed by atoms with Gasteiger partial charge in [-0.05, 0) is 11.5 Å². The summed E-state index contributed by atoms with van der Waals surface area (Å²) in [6.07, 6.45) is 0.560. The number of carbonyl (C=O) groups is 4. The number of aliphatic hydroxyl groups excluding tert-OH is 2. The fourth-order valence-electron chi connectivity index (χ4n) is 2.82. The molecule has 178 valence electrons. The molecule has 0 spiro atoms. The first-order valence-electron chi connectivity index (χ1n) is 10.3. The molecule has 5 unspecified atom stereocenters. The maximum Gasteiger partial charge on any atom is 0.326 e. The second kappa shape index (κ2) is 13.4. The molecule has 1 rings (SSSR count). The molecule has 1 aromatic rings. The Labute approximate surface area is 186 Å². The molecule has 11 heteroatoms. The average molecular weight is 453 g/mol. The van der Waals surface area contributed by atoms with E-state index in [2.05, 4.69) is 16.0 Å². The van der Waals surface area contributed by atoms with Crippen molar-refractivity contribution in [2.24, 2.45) is 11.7 Å². The van der Waals surface area contributed by atoms with Crippen LogP contribution in [0.1, 0.15) is 25.8 Å². The lowest BCUT2D eigenvalue weighted by Gasteiger charge is -2.26. The highest BCUT2D eigenvalue weighted by atomic mass is 16.4. The first kappa shape index (κ1) is 27.0. The Kier molecular flexibility index (Phi) is 11.3. The normalized spacial score (nSPS) is 15.5. The van der Waals surface area contributed by atoms with Crippen LogP contribution in [0.25, 0.3) is 0 Å². The zero-order valence-corrected chi connectivity index (χ0v) is 18.2. The Hall–Kier alpha value is -3.02. The minimum absolute atomic E-state index is 0.0491. The molecule has 1 aromatic carbocycles. The molecular weight excluding hydrogens is 420 g/mol. The van der Waals surface area contributed by atoms with Gasteiger partial charge in [0.05, 0.1) is 13.2 Å². The molecule has 0 aliphatic carbocycles. The van der Waals surface area contributed by atoms with Gasteiger partial charge in [-0.3, -0.25) is 14.4 Å². The number of benzene rings is 1. The average Bonchev–Trinajstić information content (AvgIpc) is 2.79. The Morgan fingerprint density at radius 1 is 0.906 bits per heavy atom. The monoisotopic (exact) mass is 452 g/mol. The van der Waals surface area contributed by atoms with Crippen LogP contribution in [0.5, 0.6) is 0 Å². The smallest absolute Gasteiger partial charge is 0.326 e. The predicted molar refractivity (Wildman–Crippen MR) is 115 cm³/mol. The summed E-state index contributed by atoms with van der Waals surface area (Å²) in [4.78, 5) is 49.0. The van der Waals surface area contributed by atoms with E-state index in [1.165, 1.54) is 0 Å². The Morgan fingerprint density at radius 3 is 1.97 bits per heavy atom. The molecule has 32 heavy (non-hydrogen) atoms. The number of nitrogens with one attached hydrogen (secondary N) is 3. The van der Waals surface area contributed by atoms with Crippen LogP contribution in [0.2, 0.25) is 0 Å². The number of hydrogen-bond donors (Lipinski definition) is 7. The second-order valence-electron chi connectivity index (χ2n) is 7.49. The number of rotatable bonds is 13. The molecular formula is C21H32N4O7. The van der Waals surface area contributed by atoms with E-state index >= 15 is 0 Å². The zero-order chi connectivity index (χ0) is 24.3. The number of aliphatic hydroxyl groups is 2. The van der Waals surface area contributed by atoms with Gasteiger partial charge in [0.15, 0.2) is 0 Å². The highest BCUT2D eigenvalue weighted by molar-refractivity contribution is 5.94. The topological polar surface area (TPSA) is 191 Å². The molecule has 11 nitrogen and oxygen atoms in total. The van der Waals surface area contributed by atoms with E-state index < -0.39 is 61.1 Å². The summed E-state index contributed by atoms with van der Waals surface area (Å²) in [7, 11) is 0. The lowest BCUT2D eigenvalue weighted by Crippen LogP contribution is -2.59. The van der Waals surface area contributed by atoms with Crippen molar-refractivity contribution in [1.29, 1.82) is 0 Å². The highest BCUT2D eigenvalue weighted by Crippen LogP contribution is 2.10. The molecule has 0 aromatic heterocycles. The number of carbonyl (C=O) groups excluding carboxylic acids is 3. The van der Waals surface area contributed by atoms with Crippen molar-refractivity contribution in [3.8, 4) is 0 Å². The summed E-state index contributed by atoms with van der Waals surface area (Å²) in [6, 6.07) is 3.72. The van der Waals surface area contributed by atoms with Crippen LogP contribution < -0.4 is 21.7 Å². The summed E-state index contributed by atoms with van der Waals surface area (Å²) < 4.78 is 0. The van der Waals surface area contributed by atoms with E-state index in [-0.39, 0.29) is 12.3 Å². The summed E-state index contributed by atoms with van der Waals surface area (Å²) in [5, 5.41) is 35.0. The molecule has 0 aliphatic rings. The molecule has 5 atom stereocenters. The highest BCUT2D eigenvalue weighted by Gasteiger charge is 2.31. The van der Waals surface area contributed by atoms with E-state index in [0.717, 1.165) is 0 Å². The molecule has 0 radical (unpaired) electrons. The summed E-state index contributed by atoms with van der Waals surface area (Å²) in [5.74, 6) is -3.99. The van der Waals surface area contributed by atoms with Crippen molar-refractivity contribution in [1.82, 2.24) is 16.0 Å². The van der Waals surface area contributed by atoms with Crippen molar-refractivity contribution in [2.75, 3.05) is 13.2 Å². The number of amides is 3. The van der Waals surface area contributed by atoms with Gasteiger partial charge in [0.2, 0.25) is 17.7 Å². The van der Waals surface area contributed by atoms with Gasteiger partial charge >= 0.3 is 5.97 Å². The third-order valence-corrected chi connectivity index (χ3v) is 5.04. The van der Waals surface area contributed by atoms with E-state index in [9.17, 15) is 29.4 Å². The minimum Gasteiger partial charge on any atom is -0.480 e. The van der Waals surface area contributed by atoms with Gasteiger partial charge in [-0.2, -0.15) is 0 Å². The quantitative estimate of drug-likeness (QED) is 0.181. The predicted octanol–water partition coefficient (Wildman–Crippen LogP) is -1.87. The van der Waals surface area contributed by atoms with Crippen LogP contribution in [0.4, 0.5) is 0 Å². The molecule has 3 amide bonds. The molecule has 0 fully saturated rings. The molecule has 0 bridgehead atoms. The summed E-state index contributed by atoms with van der Waals surface area (Å²) in [6.45, 7) is 2.05. The summed E-state index contributed by atoms with van der Waals surface area (Å²) >= 11 is 0. The summed E-state index contributed by atoms with van der Waals surface area (Å²) in [5.41, 5.74) is 6.10. The van der Waals surface area contributed by atoms with Crippen molar-refractivity contribution in [2.45, 2.75) is 50.9 Å². The van der Waals surface area contributed by atoms with Gasteiger partial charge in [-0.15, -0.1) is 0 Å². The first-order chi connectivity index (χ1) is 15.1. The van der Waals surface area contributed by atoms with Gasteiger partial charge < -0.3 is 37.0 Å². The van der Waals surface area contributed by atoms with Crippen LogP contribution in [0.3, 0.4) is 0 Å². The third-order valence-electron chi connectivity index (χ3n) is 5.04. The largest absolute Gasteiger partial charge is 0.480 e. The zero-order valence-electron chi connectivity index (χ0n) is 18.2. The third kappa shape index (κ3) is 8.25. The minimum atomic E-state index is -1.42. The van der Waals surface area contributed by atoms with Crippen LogP contribution >= 0.6 is 0 Å². The van der Waals surface area contributed by atoms with Crippen LogP contribution in [0, 0.1) is 5.92 Å². The van der Waals surface area contributed by atoms with Crippen molar-refractivity contribution in [3.05, 3.63) is 35.9 Å². The fraction of sp³-hybridized carbons (Fsp3) is 0.524. The van der Waals surface area contributed by atoms with Crippen LogP contribution in [-0.4, -0.2) is 76.4 Å². The number of hydrogen-bond acceptors (Lipinski definition) is 7. The first-order valence-corrected chi connectivity index (χ1v) is 10.3. The van der Waals surface area contributed by atoms with Gasteiger partial charge in [0.1, 0.15) is 24.2 Å². The number of carboxylic acids is 1. The number of nitrogens with two attached hydrogens (primary N) is 1. The molecule has 0 aliphatic heterocycles. The van der Waals surface area contributed by atoms with Crippen LogP contribution in [0.15, 0.2) is 30.3 Å². The van der Waals surface area contributed by atoms with Gasteiger partial charge in [0, 0.05) is 6.42 Å². The van der Waals surface area contributed by atoms with Crippen LogP contribution in [-0.2, 0) is 25.6 Å². The van der Waals surface area contributed by atoms with Gasteiger partial charge in [0.25, 0.3) is 0 Å². The molecule has 0 heterocycles. The van der Waals surface area contributed by atoms with Gasteiger partial charge in [-0.1, -0.05) is 50.6 Å². The second-order valence-corrected chi connectivity index (χ2v) is 7.49.